The van der Waals surface area contributed by atoms with E-state index in [1.54, 1.807) is 0 Å². The molecule has 3 heteroatoms. The first-order chi connectivity index (χ1) is 11.3. The lowest BCUT2D eigenvalue weighted by molar-refractivity contribution is 0.204. The number of ether oxygens (including phenoxy) is 1. The van der Waals surface area contributed by atoms with Gasteiger partial charge in [0.25, 0.3) is 0 Å². The zero-order chi connectivity index (χ0) is 15.9. The normalized spacial score (nSPS) is 20.6. The van der Waals surface area contributed by atoms with Crippen molar-refractivity contribution in [2.45, 2.75) is 63.7 Å². The van der Waals surface area contributed by atoms with Gasteiger partial charge >= 0.3 is 0 Å². The molecule has 2 nitrogen and oxygen atoms in total. The summed E-state index contributed by atoms with van der Waals surface area (Å²) >= 11 is 6.20. The van der Waals surface area contributed by atoms with Gasteiger partial charge in [0.1, 0.15) is 5.75 Å². The Morgan fingerprint density at radius 3 is 2.52 bits per heavy atom. The molecule has 1 aromatic rings. The summed E-state index contributed by atoms with van der Waals surface area (Å²) in [6.45, 7) is 4.50. The Labute approximate surface area is 146 Å². The van der Waals surface area contributed by atoms with E-state index in [2.05, 4.69) is 11.0 Å². The van der Waals surface area contributed by atoms with Crippen LogP contribution in [0, 0.1) is 0 Å². The highest BCUT2D eigenvalue weighted by molar-refractivity contribution is 6.30. The molecule has 1 aliphatic carbocycles. The molecule has 23 heavy (non-hydrogen) atoms. The lowest BCUT2D eigenvalue weighted by Gasteiger charge is -2.27. The predicted molar refractivity (Wildman–Crippen MR) is 97.7 cm³/mol. The molecule has 3 rings (SSSR count). The topological polar surface area (TPSA) is 12.5 Å². The molecular weight excluding hydrogens is 306 g/mol. The largest absolute Gasteiger partial charge is 0.493 e. The molecule has 128 valence electrons. The van der Waals surface area contributed by atoms with E-state index in [1.807, 2.05) is 12.1 Å². The van der Waals surface area contributed by atoms with Crippen molar-refractivity contribution in [2.75, 3.05) is 26.2 Å². The minimum Gasteiger partial charge on any atom is -0.493 e. The van der Waals surface area contributed by atoms with Crippen LogP contribution in [0.3, 0.4) is 0 Å². The van der Waals surface area contributed by atoms with Gasteiger partial charge in [0.2, 0.25) is 0 Å². The maximum absolute atomic E-state index is 6.20. The van der Waals surface area contributed by atoms with Crippen molar-refractivity contribution in [3.05, 3.63) is 28.8 Å². The van der Waals surface area contributed by atoms with Gasteiger partial charge in [-0.05, 0) is 68.8 Å². The summed E-state index contributed by atoms with van der Waals surface area (Å²) in [5.41, 5.74) is 1.38. The monoisotopic (exact) mass is 335 g/mol. The van der Waals surface area contributed by atoms with E-state index in [4.69, 9.17) is 16.3 Å². The molecule has 2 fully saturated rings. The van der Waals surface area contributed by atoms with Crippen molar-refractivity contribution in [3.63, 3.8) is 0 Å². The van der Waals surface area contributed by atoms with Gasteiger partial charge < -0.3 is 9.64 Å². The van der Waals surface area contributed by atoms with Crippen molar-refractivity contribution in [2.24, 2.45) is 0 Å². The molecule has 0 amide bonds. The standard InChI is InChI=1S/C20H30ClNO/c21-18-10-11-19(17-8-3-1-4-9-17)20(16-18)23-15-7-14-22-12-5-2-6-13-22/h10-11,16-17H,1-9,12-15H2. The number of likely N-dealkylation sites (tertiary alicyclic amines) is 1. The molecule has 0 spiro atoms. The highest BCUT2D eigenvalue weighted by Gasteiger charge is 2.19. The molecule has 1 saturated carbocycles. The number of hydrogen-bond acceptors (Lipinski definition) is 2. The Hall–Kier alpha value is -0.730. The number of rotatable bonds is 6. The first kappa shape index (κ1) is 17.1. The lowest BCUT2D eigenvalue weighted by Crippen LogP contribution is -2.31. The Morgan fingerprint density at radius 2 is 1.74 bits per heavy atom. The van der Waals surface area contributed by atoms with E-state index < -0.39 is 0 Å². The Bertz CT molecular complexity index is 479. The van der Waals surface area contributed by atoms with Gasteiger partial charge in [-0.2, -0.15) is 0 Å². The minimum absolute atomic E-state index is 0.665. The second kappa shape index (κ2) is 8.94. The van der Waals surface area contributed by atoms with Crippen LogP contribution < -0.4 is 4.74 Å². The third-order valence-corrected chi connectivity index (χ3v) is 5.58. The summed E-state index contributed by atoms with van der Waals surface area (Å²) in [5.74, 6) is 1.70. The van der Waals surface area contributed by atoms with Gasteiger partial charge in [-0.25, -0.2) is 0 Å². The second-order valence-electron chi connectivity index (χ2n) is 7.12. The van der Waals surface area contributed by atoms with Gasteiger partial charge in [-0.3, -0.25) is 0 Å². The SMILES string of the molecule is Clc1ccc(C2CCCCC2)c(OCCCN2CCCCC2)c1. The van der Waals surface area contributed by atoms with Crippen LogP contribution >= 0.6 is 11.6 Å². The molecule has 1 saturated heterocycles. The maximum Gasteiger partial charge on any atom is 0.124 e. The van der Waals surface area contributed by atoms with Crippen LogP contribution in [0.1, 0.15) is 69.3 Å². The molecule has 0 bridgehead atoms. The van der Waals surface area contributed by atoms with Gasteiger partial charge in [-0.15, -0.1) is 0 Å². The first-order valence-electron chi connectivity index (χ1n) is 9.47. The molecule has 1 aliphatic heterocycles. The van der Waals surface area contributed by atoms with Gasteiger partial charge in [0, 0.05) is 11.6 Å². The van der Waals surface area contributed by atoms with E-state index >= 15 is 0 Å². The third-order valence-electron chi connectivity index (χ3n) is 5.35. The molecule has 0 N–H and O–H groups in total. The van der Waals surface area contributed by atoms with Crippen LogP contribution in [0.15, 0.2) is 18.2 Å². The zero-order valence-corrected chi connectivity index (χ0v) is 15.0. The lowest BCUT2D eigenvalue weighted by atomic mass is 9.84. The van der Waals surface area contributed by atoms with Crippen LogP contribution in [0.4, 0.5) is 0 Å². The van der Waals surface area contributed by atoms with Crippen LogP contribution in [-0.4, -0.2) is 31.1 Å². The van der Waals surface area contributed by atoms with Crippen molar-refractivity contribution < 1.29 is 4.74 Å². The molecular formula is C20H30ClNO. The van der Waals surface area contributed by atoms with Crippen molar-refractivity contribution in [1.82, 2.24) is 4.90 Å². The van der Waals surface area contributed by atoms with E-state index in [-0.39, 0.29) is 0 Å². The molecule has 0 aromatic heterocycles. The third kappa shape index (κ3) is 5.12. The number of piperidine rings is 1. The summed E-state index contributed by atoms with van der Waals surface area (Å²) in [7, 11) is 0. The fourth-order valence-electron chi connectivity index (χ4n) is 4.04. The molecule has 0 atom stereocenters. The Balaban J connectivity index is 1.52. The summed E-state index contributed by atoms with van der Waals surface area (Å²) < 4.78 is 6.15. The van der Waals surface area contributed by atoms with Crippen LogP contribution in [0.5, 0.6) is 5.75 Å². The second-order valence-corrected chi connectivity index (χ2v) is 7.56. The quantitative estimate of drug-likeness (QED) is 0.623. The highest BCUT2D eigenvalue weighted by atomic mass is 35.5. The van der Waals surface area contributed by atoms with Crippen molar-refractivity contribution in [3.8, 4) is 5.75 Å². The van der Waals surface area contributed by atoms with E-state index in [0.717, 1.165) is 23.8 Å². The van der Waals surface area contributed by atoms with Crippen LogP contribution in [0.25, 0.3) is 0 Å². The molecule has 0 radical (unpaired) electrons. The van der Waals surface area contributed by atoms with Gasteiger partial charge in [0.15, 0.2) is 0 Å². The highest BCUT2D eigenvalue weighted by Crippen LogP contribution is 2.38. The van der Waals surface area contributed by atoms with Crippen molar-refractivity contribution >= 4 is 11.6 Å². The van der Waals surface area contributed by atoms with Crippen molar-refractivity contribution in [1.29, 1.82) is 0 Å². The molecule has 1 aromatic carbocycles. The maximum atomic E-state index is 6.20. The summed E-state index contributed by atoms with van der Waals surface area (Å²) in [5, 5.41) is 0.788. The van der Waals surface area contributed by atoms with E-state index in [0.29, 0.717) is 5.92 Å². The predicted octanol–water partition coefficient (Wildman–Crippen LogP) is 5.64. The molecule has 0 unspecified atom stereocenters. The Morgan fingerprint density at radius 1 is 1.00 bits per heavy atom. The zero-order valence-electron chi connectivity index (χ0n) is 14.2. The fraction of sp³-hybridized carbons (Fsp3) is 0.700. The van der Waals surface area contributed by atoms with Gasteiger partial charge in [0.05, 0.1) is 6.61 Å². The average Bonchev–Trinajstić information content (AvgIpc) is 2.60. The number of benzene rings is 1. The summed E-state index contributed by atoms with van der Waals surface area (Å²) in [4.78, 5) is 2.58. The molecule has 2 aliphatic rings. The van der Waals surface area contributed by atoms with E-state index in [1.165, 1.54) is 76.6 Å². The fourth-order valence-corrected chi connectivity index (χ4v) is 4.20. The average molecular weight is 336 g/mol. The number of hydrogen-bond donors (Lipinski definition) is 0. The number of nitrogens with zero attached hydrogens (tertiary/aromatic N) is 1. The minimum atomic E-state index is 0.665. The summed E-state index contributed by atoms with van der Waals surface area (Å²) in [6.07, 6.45) is 11.9. The van der Waals surface area contributed by atoms with Crippen LogP contribution in [-0.2, 0) is 0 Å². The van der Waals surface area contributed by atoms with E-state index in [9.17, 15) is 0 Å². The van der Waals surface area contributed by atoms with Gasteiger partial charge in [-0.1, -0.05) is 43.4 Å². The first-order valence-corrected chi connectivity index (χ1v) is 9.85. The van der Waals surface area contributed by atoms with Crippen LogP contribution in [0.2, 0.25) is 5.02 Å². The smallest absolute Gasteiger partial charge is 0.124 e. The number of halogens is 1. The Kier molecular flexibility index (Phi) is 6.65. The molecule has 1 heterocycles. The summed E-state index contributed by atoms with van der Waals surface area (Å²) in [6, 6.07) is 6.23.